The molecule has 5 rings (SSSR count). The van der Waals surface area contributed by atoms with Crippen molar-refractivity contribution in [2.75, 3.05) is 26.6 Å². The Morgan fingerprint density at radius 3 is 2.47 bits per heavy atom. The van der Waals surface area contributed by atoms with Crippen molar-refractivity contribution >= 4 is 17.4 Å². The predicted octanol–water partition coefficient (Wildman–Crippen LogP) is 3.33. The maximum Gasteiger partial charge on any atom is 0.315 e. The van der Waals surface area contributed by atoms with Crippen LogP contribution >= 0.6 is 0 Å². The van der Waals surface area contributed by atoms with Crippen molar-refractivity contribution in [3.05, 3.63) is 69.2 Å². The van der Waals surface area contributed by atoms with Gasteiger partial charge in [-0.2, -0.15) is 10.1 Å². The summed E-state index contributed by atoms with van der Waals surface area (Å²) < 4.78 is 17.4. The Morgan fingerprint density at radius 2 is 1.78 bits per heavy atom. The summed E-state index contributed by atoms with van der Waals surface area (Å²) in [6, 6.07) is 7.49. The van der Waals surface area contributed by atoms with Crippen LogP contribution in [0.15, 0.2) is 47.9 Å². The number of anilines is 1. The Labute approximate surface area is 205 Å². The molecule has 2 atom stereocenters. The van der Waals surface area contributed by atoms with Crippen LogP contribution in [0.4, 0.5) is 11.6 Å². The average molecular weight is 493 g/mol. The van der Waals surface area contributed by atoms with Crippen LogP contribution in [-0.4, -0.2) is 51.9 Å². The third-order valence-electron chi connectivity index (χ3n) is 6.55. The number of aromatic hydroxyl groups is 1. The van der Waals surface area contributed by atoms with E-state index in [4.69, 9.17) is 14.2 Å². The lowest BCUT2D eigenvalue weighted by molar-refractivity contribution is -0.386. The number of fused-ring (bicyclic) bond motifs is 1. The number of carbonyl (C=O) groups is 1. The molecule has 2 aromatic carbocycles. The number of nitro benzene ring substituents is 1. The molecule has 1 aromatic heterocycles. The van der Waals surface area contributed by atoms with E-state index < -0.39 is 22.4 Å². The normalized spacial score (nSPS) is 18.7. The Balaban J connectivity index is 1.61. The van der Waals surface area contributed by atoms with Crippen LogP contribution in [0.1, 0.15) is 35.9 Å². The van der Waals surface area contributed by atoms with Gasteiger partial charge in [0.25, 0.3) is 0 Å². The van der Waals surface area contributed by atoms with E-state index in [2.05, 4.69) is 15.4 Å². The number of hydrogen-bond donors (Lipinski definition) is 2. The fourth-order valence-corrected chi connectivity index (χ4v) is 4.87. The number of methoxy groups -OCH3 is 3. The van der Waals surface area contributed by atoms with Gasteiger partial charge in [-0.3, -0.25) is 14.9 Å². The number of rotatable bonds is 6. The summed E-state index contributed by atoms with van der Waals surface area (Å²) >= 11 is 0. The lowest BCUT2D eigenvalue weighted by Crippen LogP contribution is -2.33. The van der Waals surface area contributed by atoms with Gasteiger partial charge in [0.2, 0.25) is 11.7 Å². The first-order valence-corrected chi connectivity index (χ1v) is 11.1. The first-order valence-electron chi connectivity index (χ1n) is 11.1. The molecule has 0 amide bonds. The van der Waals surface area contributed by atoms with Crippen LogP contribution in [0.3, 0.4) is 0 Å². The summed E-state index contributed by atoms with van der Waals surface area (Å²) in [7, 11) is 4.42. The Hall–Kier alpha value is -4.61. The first kappa shape index (κ1) is 23.1. The van der Waals surface area contributed by atoms with Crippen LogP contribution in [-0.2, 0) is 4.79 Å². The molecular weight excluding hydrogens is 470 g/mol. The third-order valence-corrected chi connectivity index (χ3v) is 6.55. The second kappa shape index (κ2) is 8.87. The first-order chi connectivity index (χ1) is 17.4. The van der Waals surface area contributed by atoms with Gasteiger partial charge >= 0.3 is 5.69 Å². The molecule has 36 heavy (non-hydrogen) atoms. The molecule has 0 fully saturated rings. The highest BCUT2D eigenvalue weighted by molar-refractivity contribution is 6.00. The van der Waals surface area contributed by atoms with Gasteiger partial charge in [-0.1, -0.05) is 6.07 Å². The number of aromatic nitrogens is 3. The molecule has 12 nitrogen and oxygen atoms in total. The van der Waals surface area contributed by atoms with Crippen molar-refractivity contribution < 1.29 is 29.0 Å². The fraction of sp³-hybridized carbons (Fsp3) is 0.292. The largest absolute Gasteiger partial charge is 0.500 e. The Kier molecular flexibility index (Phi) is 5.71. The average Bonchev–Trinajstić information content (AvgIpc) is 3.35. The zero-order valence-electron chi connectivity index (χ0n) is 19.7. The summed E-state index contributed by atoms with van der Waals surface area (Å²) in [5.41, 5.74) is 1.85. The smallest absolute Gasteiger partial charge is 0.315 e. The van der Waals surface area contributed by atoms with E-state index in [1.807, 2.05) is 12.1 Å². The number of phenolic OH excluding ortho intramolecular Hbond substituents is 1. The molecule has 0 unspecified atom stereocenters. The highest BCUT2D eigenvalue weighted by atomic mass is 16.6. The van der Waals surface area contributed by atoms with E-state index in [0.29, 0.717) is 40.7 Å². The number of nitrogens with one attached hydrogen (secondary N) is 1. The summed E-state index contributed by atoms with van der Waals surface area (Å²) in [5, 5.41) is 29.3. The number of allylic oxidation sites excluding steroid dienone is 2. The zero-order chi connectivity index (χ0) is 25.6. The number of ether oxygens (including phenoxy) is 3. The molecule has 186 valence electrons. The SMILES string of the molecule is COc1ccc([C@@H]2CC(=O)C3=C(C2)Nc2ncnn2[C@H]3c2cc(OC)c(O)c([N+](=O)[O-])c2)cc1OC. The van der Waals surface area contributed by atoms with Gasteiger partial charge in [0.1, 0.15) is 12.4 Å². The number of benzene rings is 2. The minimum atomic E-state index is -0.786. The zero-order valence-corrected chi connectivity index (χ0v) is 19.7. The molecule has 12 heteroatoms. The lowest BCUT2D eigenvalue weighted by atomic mass is 9.77. The van der Waals surface area contributed by atoms with Crippen LogP contribution in [0.25, 0.3) is 0 Å². The minimum Gasteiger partial charge on any atom is -0.500 e. The van der Waals surface area contributed by atoms with Crippen molar-refractivity contribution in [3.8, 4) is 23.0 Å². The molecule has 3 aromatic rings. The second-order valence-corrected chi connectivity index (χ2v) is 8.44. The Bertz CT molecular complexity index is 1410. The van der Waals surface area contributed by atoms with Crippen LogP contribution in [0.2, 0.25) is 0 Å². The highest BCUT2D eigenvalue weighted by Gasteiger charge is 2.40. The van der Waals surface area contributed by atoms with Gasteiger partial charge in [0, 0.05) is 23.8 Å². The molecule has 1 aliphatic heterocycles. The molecule has 0 saturated carbocycles. The van der Waals surface area contributed by atoms with Crippen LogP contribution in [0, 0.1) is 10.1 Å². The second-order valence-electron chi connectivity index (χ2n) is 8.44. The number of nitrogens with zero attached hydrogens (tertiary/aromatic N) is 4. The van der Waals surface area contributed by atoms with Crippen molar-refractivity contribution in [3.63, 3.8) is 0 Å². The van der Waals surface area contributed by atoms with Crippen molar-refractivity contribution in [2.45, 2.75) is 24.8 Å². The van der Waals surface area contributed by atoms with E-state index in [0.717, 1.165) is 5.56 Å². The molecule has 0 spiro atoms. The highest BCUT2D eigenvalue weighted by Crippen LogP contribution is 2.47. The van der Waals surface area contributed by atoms with Crippen LogP contribution < -0.4 is 19.5 Å². The topological polar surface area (TPSA) is 151 Å². The molecule has 0 saturated heterocycles. The van der Waals surface area contributed by atoms with Gasteiger partial charge in [0.15, 0.2) is 23.0 Å². The van der Waals surface area contributed by atoms with Gasteiger partial charge in [-0.05, 0) is 41.7 Å². The summed E-state index contributed by atoms with van der Waals surface area (Å²) in [5.74, 6) is 0.626. The maximum atomic E-state index is 13.6. The van der Waals surface area contributed by atoms with E-state index in [9.17, 15) is 20.0 Å². The van der Waals surface area contributed by atoms with Crippen LogP contribution in [0.5, 0.6) is 23.0 Å². The monoisotopic (exact) mass is 493 g/mol. The summed E-state index contributed by atoms with van der Waals surface area (Å²) in [4.78, 5) is 28.8. The lowest BCUT2D eigenvalue weighted by Gasteiger charge is -2.35. The Morgan fingerprint density at radius 1 is 1.06 bits per heavy atom. The van der Waals surface area contributed by atoms with E-state index in [1.54, 1.807) is 20.3 Å². The van der Waals surface area contributed by atoms with Gasteiger partial charge < -0.3 is 24.6 Å². The number of Topliss-reactive ketones (excluding diaryl/α,β-unsaturated/α-hetero) is 1. The van der Waals surface area contributed by atoms with Crippen molar-refractivity contribution in [1.82, 2.24) is 14.8 Å². The quantitative estimate of drug-likeness (QED) is 0.386. The molecule has 2 N–H and O–H groups in total. The molecule has 0 radical (unpaired) electrons. The third kappa shape index (κ3) is 3.67. The molecule has 0 bridgehead atoms. The van der Waals surface area contributed by atoms with Crippen molar-refractivity contribution in [1.29, 1.82) is 0 Å². The van der Waals surface area contributed by atoms with Crippen molar-refractivity contribution in [2.24, 2.45) is 0 Å². The molecule has 2 aliphatic rings. The van der Waals surface area contributed by atoms with E-state index >= 15 is 0 Å². The number of carbonyl (C=O) groups excluding carboxylic acids is 1. The molecular formula is C24H23N5O7. The number of ketones is 1. The number of phenols is 1. The maximum absolute atomic E-state index is 13.6. The van der Waals surface area contributed by atoms with Gasteiger partial charge in [-0.15, -0.1) is 0 Å². The predicted molar refractivity (Wildman–Crippen MR) is 127 cm³/mol. The minimum absolute atomic E-state index is 0.0759. The van der Waals surface area contributed by atoms with E-state index in [1.165, 1.54) is 30.3 Å². The number of nitro groups is 1. The molecule has 2 heterocycles. The van der Waals surface area contributed by atoms with E-state index in [-0.39, 0.29) is 23.9 Å². The fourth-order valence-electron chi connectivity index (χ4n) is 4.87. The standard InChI is InChI=1S/C24H23N5O7/c1-34-18-5-4-12(9-19(18)35-2)13-6-15-21(17(30)8-13)22(28-24(27-15)25-11-26-28)14-7-16(29(32)33)23(31)20(10-14)36-3/h4-5,7,9-11,13,22,31H,6,8H2,1-3H3,(H,25,26,27)/t13-,22-/m0/s1. The molecule has 1 aliphatic carbocycles. The number of hydrogen-bond acceptors (Lipinski definition) is 10. The van der Waals surface area contributed by atoms with Gasteiger partial charge in [0.05, 0.1) is 26.3 Å². The summed E-state index contributed by atoms with van der Waals surface area (Å²) in [6.45, 7) is 0. The summed E-state index contributed by atoms with van der Waals surface area (Å²) in [6.07, 6.45) is 2.06. The van der Waals surface area contributed by atoms with Gasteiger partial charge in [-0.25, -0.2) is 4.68 Å².